The molecule has 0 aromatic heterocycles. The van der Waals surface area contributed by atoms with Gasteiger partial charge in [-0.3, -0.25) is 4.79 Å². The Morgan fingerprint density at radius 1 is 1.11 bits per heavy atom. The van der Waals surface area contributed by atoms with Gasteiger partial charge in [0.15, 0.2) is 8.32 Å². The van der Waals surface area contributed by atoms with Crippen LogP contribution in [0.15, 0.2) is 5.16 Å². The molecule has 4 aliphatic rings. The van der Waals surface area contributed by atoms with Crippen LogP contribution >= 0.6 is 0 Å². The molecule has 0 saturated heterocycles. The van der Waals surface area contributed by atoms with Crippen molar-refractivity contribution in [2.24, 2.45) is 39.7 Å². The van der Waals surface area contributed by atoms with Gasteiger partial charge < -0.3 is 9.26 Å². The quantitative estimate of drug-likeness (QED) is 0.464. The molecule has 0 heterocycles. The minimum Gasteiger partial charge on any atom is -0.415 e. The van der Waals surface area contributed by atoms with E-state index in [1.165, 1.54) is 19.3 Å². The SMILES string of the molecule is CON=C1CCC2C3CCC4CC(O[Si](C)(C)C)CCC4(C)C3C(=O)CC12C. The van der Waals surface area contributed by atoms with Crippen molar-refractivity contribution in [2.75, 3.05) is 7.11 Å². The molecule has 28 heavy (non-hydrogen) atoms. The molecule has 0 aromatic rings. The first-order valence-electron chi connectivity index (χ1n) is 11.4. The molecule has 0 amide bonds. The van der Waals surface area contributed by atoms with Gasteiger partial charge in [0.05, 0.1) is 5.71 Å². The number of oxime groups is 1. The molecular formula is C23H39NO3Si. The first kappa shape index (κ1) is 20.6. The molecule has 0 bridgehead atoms. The number of hydrogen-bond donors (Lipinski definition) is 0. The summed E-state index contributed by atoms with van der Waals surface area (Å²) >= 11 is 0. The fourth-order valence-electron chi connectivity index (χ4n) is 7.70. The summed E-state index contributed by atoms with van der Waals surface area (Å²) in [4.78, 5) is 18.7. The van der Waals surface area contributed by atoms with Gasteiger partial charge in [-0.25, -0.2) is 0 Å². The van der Waals surface area contributed by atoms with Crippen LogP contribution in [-0.2, 0) is 14.1 Å². The van der Waals surface area contributed by atoms with Crippen LogP contribution in [0, 0.1) is 34.5 Å². The maximum atomic E-state index is 13.6. The fraction of sp³-hybridized carbons (Fsp3) is 0.913. The fourth-order valence-corrected chi connectivity index (χ4v) is 8.91. The largest absolute Gasteiger partial charge is 0.415 e. The van der Waals surface area contributed by atoms with Gasteiger partial charge in [0.1, 0.15) is 12.9 Å². The zero-order chi connectivity index (χ0) is 20.3. The van der Waals surface area contributed by atoms with Crippen molar-refractivity contribution < 1.29 is 14.1 Å². The number of rotatable bonds is 3. The van der Waals surface area contributed by atoms with E-state index in [1.54, 1.807) is 7.11 Å². The van der Waals surface area contributed by atoms with Gasteiger partial charge in [-0.2, -0.15) is 0 Å². The van der Waals surface area contributed by atoms with Crippen molar-refractivity contribution in [2.45, 2.75) is 91.0 Å². The van der Waals surface area contributed by atoms with Crippen LogP contribution in [-0.4, -0.2) is 33.0 Å². The lowest BCUT2D eigenvalue weighted by molar-refractivity contribution is -0.155. The zero-order valence-electron chi connectivity index (χ0n) is 18.7. The molecule has 4 aliphatic carbocycles. The normalized spacial score (nSPS) is 47.4. The summed E-state index contributed by atoms with van der Waals surface area (Å²) in [5, 5.41) is 4.35. The number of hydrogen-bond acceptors (Lipinski definition) is 4. The predicted molar refractivity (Wildman–Crippen MR) is 115 cm³/mol. The minimum absolute atomic E-state index is 0.0738. The van der Waals surface area contributed by atoms with E-state index >= 15 is 0 Å². The number of carbonyl (C=O) groups excluding carboxylic acids is 1. The van der Waals surface area contributed by atoms with E-state index in [0.717, 1.165) is 31.4 Å². The summed E-state index contributed by atoms with van der Waals surface area (Å²) < 4.78 is 6.49. The van der Waals surface area contributed by atoms with E-state index in [1.807, 2.05) is 0 Å². The number of Topliss-reactive ketones (excluding diaryl/α,β-unsaturated/α-hetero) is 1. The molecule has 0 aromatic carbocycles. The molecule has 0 spiro atoms. The molecule has 0 N–H and O–H groups in total. The van der Waals surface area contributed by atoms with Crippen molar-refractivity contribution in [1.82, 2.24) is 0 Å². The van der Waals surface area contributed by atoms with Crippen molar-refractivity contribution in [1.29, 1.82) is 0 Å². The number of ketones is 1. The van der Waals surface area contributed by atoms with E-state index in [2.05, 4.69) is 38.6 Å². The second-order valence-corrected chi connectivity index (χ2v) is 15.9. The lowest BCUT2D eigenvalue weighted by Crippen LogP contribution is -2.58. The van der Waals surface area contributed by atoms with E-state index in [-0.39, 0.29) is 16.7 Å². The number of fused-ring (bicyclic) bond motifs is 5. The maximum absolute atomic E-state index is 13.6. The Balaban J connectivity index is 1.58. The lowest BCUT2D eigenvalue weighted by Gasteiger charge is -2.59. The monoisotopic (exact) mass is 405 g/mol. The van der Waals surface area contributed by atoms with Gasteiger partial charge in [0.25, 0.3) is 0 Å². The van der Waals surface area contributed by atoms with Crippen LogP contribution in [0.4, 0.5) is 0 Å². The number of nitrogens with zero attached hydrogens (tertiary/aromatic N) is 1. The Morgan fingerprint density at radius 2 is 1.86 bits per heavy atom. The minimum atomic E-state index is -1.51. The summed E-state index contributed by atoms with van der Waals surface area (Å²) in [5.74, 6) is 2.53. The highest BCUT2D eigenvalue weighted by atomic mass is 28.4. The molecule has 7 unspecified atom stereocenters. The molecule has 4 rings (SSSR count). The van der Waals surface area contributed by atoms with Crippen molar-refractivity contribution in [3.8, 4) is 0 Å². The van der Waals surface area contributed by atoms with Crippen molar-refractivity contribution >= 4 is 19.8 Å². The van der Waals surface area contributed by atoms with Crippen molar-refractivity contribution in [3.63, 3.8) is 0 Å². The molecule has 4 fully saturated rings. The van der Waals surface area contributed by atoms with Crippen LogP contribution in [0.3, 0.4) is 0 Å². The van der Waals surface area contributed by atoms with Gasteiger partial charge in [-0.05, 0) is 87.8 Å². The van der Waals surface area contributed by atoms with Crippen LogP contribution in [0.2, 0.25) is 19.6 Å². The van der Waals surface area contributed by atoms with Gasteiger partial charge >= 0.3 is 0 Å². The Kier molecular flexibility index (Phi) is 5.10. The maximum Gasteiger partial charge on any atom is 0.184 e. The number of carbonyl (C=O) groups is 1. The Labute approximate surface area is 171 Å². The summed E-state index contributed by atoms with van der Waals surface area (Å²) in [6.07, 6.45) is 9.17. The van der Waals surface area contributed by atoms with E-state index in [9.17, 15) is 4.79 Å². The Hall–Kier alpha value is -0.683. The standard InChI is InChI=1S/C23H39NO3Si/c1-22-12-11-16(27-28(4,5)6)13-15(22)7-8-17-18-9-10-20(24-26-3)23(18,2)14-19(25)21(17)22/h15-18,21H,7-14H2,1-6H3. The van der Waals surface area contributed by atoms with Crippen molar-refractivity contribution in [3.05, 3.63) is 0 Å². The lowest BCUT2D eigenvalue weighted by atomic mass is 9.45. The van der Waals surface area contributed by atoms with Crippen LogP contribution in [0.5, 0.6) is 0 Å². The molecule has 5 heteroatoms. The predicted octanol–water partition coefficient (Wildman–Crippen LogP) is 5.43. The highest BCUT2D eigenvalue weighted by molar-refractivity contribution is 6.69. The van der Waals surface area contributed by atoms with Gasteiger partial charge in [-0.15, -0.1) is 0 Å². The van der Waals surface area contributed by atoms with E-state index in [0.29, 0.717) is 36.1 Å². The molecular weight excluding hydrogens is 366 g/mol. The van der Waals surface area contributed by atoms with Gasteiger partial charge in [0, 0.05) is 23.9 Å². The summed E-state index contributed by atoms with van der Waals surface area (Å²) in [7, 11) is 0.121. The Morgan fingerprint density at radius 3 is 2.54 bits per heavy atom. The second kappa shape index (κ2) is 6.94. The molecule has 0 aliphatic heterocycles. The van der Waals surface area contributed by atoms with Crippen LogP contribution in [0.25, 0.3) is 0 Å². The second-order valence-electron chi connectivity index (χ2n) is 11.5. The van der Waals surface area contributed by atoms with Gasteiger partial charge in [0.2, 0.25) is 0 Å². The third-order valence-electron chi connectivity index (χ3n) is 8.77. The van der Waals surface area contributed by atoms with E-state index in [4.69, 9.17) is 9.26 Å². The van der Waals surface area contributed by atoms with Crippen LogP contribution < -0.4 is 0 Å². The summed E-state index contributed by atoms with van der Waals surface area (Å²) in [6, 6.07) is 0. The first-order valence-corrected chi connectivity index (χ1v) is 14.8. The zero-order valence-corrected chi connectivity index (χ0v) is 19.7. The van der Waals surface area contributed by atoms with Gasteiger partial charge in [-0.1, -0.05) is 19.0 Å². The highest BCUT2D eigenvalue weighted by Gasteiger charge is 2.63. The smallest absolute Gasteiger partial charge is 0.184 e. The molecule has 4 saturated carbocycles. The third kappa shape index (κ3) is 3.21. The molecule has 7 atom stereocenters. The highest BCUT2D eigenvalue weighted by Crippen LogP contribution is 2.64. The first-order chi connectivity index (χ1) is 13.1. The van der Waals surface area contributed by atoms with E-state index < -0.39 is 8.32 Å². The summed E-state index contributed by atoms with van der Waals surface area (Å²) in [5.41, 5.74) is 1.23. The molecule has 158 valence electrons. The van der Waals surface area contributed by atoms with Crippen LogP contribution in [0.1, 0.15) is 65.2 Å². The summed E-state index contributed by atoms with van der Waals surface area (Å²) in [6.45, 7) is 11.6. The third-order valence-corrected chi connectivity index (χ3v) is 9.81. The Bertz CT molecular complexity index is 671. The molecule has 4 nitrogen and oxygen atoms in total. The topological polar surface area (TPSA) is 47.9 Å². The molecule has 0 radical (unpaired) electrons. The average Bonchev–Trinajstić information content (AvgIpc) is 2.90. The average molecular weight is 406 g/mol.